The molecule has 2 rings (SSSR count). The molecule has 130 valence electrons. The molecule has 6 nitrogen and oxygen atoms in total. The number of nitrogens with zero attached hydrogens (tertiary/aromatic N) is 1. The largest absolute Gasteiger partial charge is 0.467 e. The smallest absolute Gasteiger partial charge is 0.328 e. The van der Waals surface area contributed by atoms with Crippen LogP contribution in [0.15, 0.2) is 30.3 Å². The molecular formula is C17H22N2O4S. The molecule has 0 aliphatic carbocycles. The topological polar surface area (TPSA) is 75.7 Å². The molecule has 1 heterocycles. The minimum atomic E-state index is -0.785. The van der Waals surface area contributed by atoms with Gasteiger partial charge in [-0.2, -0.15) is 0 Å². The Kier molecular flexibility index (Phi) is 5.88. The van der Waals surface area contributed by atoms with Gasteiger partial charge < -0.3 is 15.0 Å². The highest BCUT2D eigenvalue weighted by atomic mass is 32.2. The van der Waals surface area contributed by atoms with Gasteiger partial charge in [0.1, 0.15) is 12.1 Å². The Hall–Kier alpha value is -2.02. The number of ether oxygens (including phenoxy) is 1. The molecule has 1 saturated heterocycles. The first-order valence-electron chi connectivity index (χ1n) is 7.69. The zero-order valence-electron chi connectivity index (χ0n) is 14.0. The van der Waals surface area contributed by atoms with E-state index >= 15 is 0 Å². The number of esters is 1. The van der Waals surface area contributed by atoms with Crippen molar-refractivity contribution in [2.75, 3.05) is 12.9 Å². The van der Waals surface area contributed by atoms with Crippen molar-refractivity contribution in [2.24, 2.45) is 0 Å². The Balaban J connectivity index is 2.10. The molecule has 0 radical (unpaired) electrons. The summed E-state index contributed by atoms with van der Waals surface area (Å²) in [6.07, 6.45) is 1.03. The molecule has 0 saturated carbocycles. The van der Waals surface area contributed by atoms with Gasteiger partial charge in [0.25, 0.3) is 0 Å². The first-order valence-corrected chi connectivity index (χ1v) is 8.67. The van der Waals surface area contributed by atoms with Crippen molar-refractivity contribution in [3.63, 3.8) is 0 Å². The third-order valence-electron chi connectivity index (χ3n) is 4.05. The van der Waals surface area contributed by atoms with Gasteiger partial charge in [-0.1, -0.05) is 30.3 Å². The van der Waals surface area contributed by atoms with E-state index in [0.29, 0.717) is 18.6 Å². The van der Waals surface area contributed by atoms with Crippen molar-refractivity contribution in [3.8, 4) is 0 Å². The van der Waals surface area contributed by atoms with Crippen LogP contribution in [0.4, 0.5) is 0 Å². The van der Waals surface area contributed by atoms with Crippen LogP contribution < -0.4 is 5.32 Å². The first-order chi connectivity index (χ1) is 11.4. The van der Waals surface area contributed by atoms with Crippen LogP contribution in [0.5, 0.6) is 0 Å². The van der Waals surface area contributed by atoms with E-state index in [4.69, 9.17) is 4.74 Å². The number of amides is 2. The summed E-state index contributed by atoms with van der Waals surface area (Å²) in [7, 11) is 1.29. The molecule has 7 heteroatoms. The highest BCUT2D eigenvalue weighted by Crippen LogP contribution is 2.37. The van der Waals surface area contributed by atoms with Gasteiger partial charge >= 0.3 is 5.97 Å². The third-order valence-corrected chi connectivity index (χ3v) is 5.45. The zero-order chi connectivity index (χ0) is 17.7. The van der Waals surface area contributed by atoms with E-state index in [9.17, 15) is 14.4 Å². The number of nitrogens with one attached hydrogen (secondary N) is 1. The normalized spacial score (nSPS) is 20.3. The number of hydrogen-bond acceptors (Lipinski definition) is 5. The number of hydrogen-bond donors (Lipinski definition) is 1. The van der Waals surface area contributed by atoms with Gasteiger partial charge in [-0.25, -0.2) is 4.79 Å². The van der Waals surface area contributed by atoms with Crippen LogP contribution >= 0.6 is 11.8 Å². The number of thioether (sulfide) groups is 1. The number of carbonyl (C=O) groups is 3. The molecule has 0 spiro atoms. The van der Waals surface area contributed by atoms with Gasteiger partial charge in [0.15, 0.2) is 0 Å². The lowest BCUT2D eigenvalue weighted by atomic mass is 10.1. The Bertz CT molecular complexity index is 606. The Labute approximate surface area is 145 Å². The Morgan fingerprint density at radius 3 is 2.67 bits per heavy atom. The molecule has 1 aromatic carbocycles. The van der Waals surface area contributed by atoms with E-state index in [1.807, 2.05) is 44.2 Å². The van der Waals surface area contributed by atoms with Crippen molar-refractivity contribution >= 4 is 30.0 Å². The summed E-state index contributed by atoms with van der Waals surface area (Å²) in [5.41, 5.74) is 0.918. The van der Waals surface area contributed by atoms with Crippen molar-refractivity contribution in [3.05, 3.63) is 35.9 Å². The van der Waals surface area contributed by atoms with E-state index in [2.05, 4.69) is 5.32 Å². The van der Waals surface area contributed by atoms with Gasteiger partial charge in [-0.3, -0.25) is 9.59 Å². The van der Waals surface area contributed by atoms with Gasteiger partial charge in [0, 0.05) is 12.2 Å². The van der Waals surface area contributed by atoms with E-state index in [-0.39, 0.29) is 5.91 Å². The third kappa shape index (κ3) is 4.08. The van der Waals surface area contributed by atoms with Gasteiger partial charge in [-0.05, 0) is 19.4 Å². The summed E-state index contributed by atoms with van der Waals surface area (Å²) in [5.74, 6) is -0.349. The predicted molar refractivity (Wildman–Crippen MR) is 92.3 cm³/mol. The maximum atomic E-state index is 12.6. The van der Waals surface area contributed by atoms with Gasteiger partial charge in [0.05, 0.1) is 12.0 Å². The average molecular weight is 350 g/mol. The van der Waals surface area contributed by atoms with Crippen molar-refractivity contribution in [1.29, 1.82) is 0 Å². The van der Waals surface area contributed by atoms with E-state index in [1.54, 1.807) is 0 Å². The second kappa shape index (κ2) is 7.70. The van der Waals surface area contributed by atoms with Crippen LogP contribution in [0, 0.1) is 0 Å². The summed E-state index contributed by atoms with van der Waals surface area (Å²) in [5, 5.41) is 2.73. The van der Waals surface area contributed by atoms with Crippen molar-refractivity contribution in [1.82, 2.24) is 10.2 Å². The van der Waals surface area contributed by atoms with Crippen LogP contribution in [-0.2, 0) is 25.5 Å². The SMILES string of the molecule is COC(=O)C(Cc1ccccc1)NC(=O)C1CSC(C)(C)N1C=O. The second-order valence-corrected chi connectivity index (χ2v) is 7.68. The zero-order valence-corrected chi connectivity index (χ0v) is 14.8. The lowest BCUT2D eigenvalue weighted by molar-refractivity contribution is -0.146. The lowest BCUT2D eigenvalue weighted by Crippen LogP contribution is -2.53. The van der Waals surface area contributed by atoms with Crippen molar-refractivity contribution < 1.29 is 19.1 Å². The fourth-order valence-corrected chi connectivity index (χ4v) is 3.87. The standard InChI is InChI=1S/C17H22N2O4S/c1-17(2)19(11-20)14(10-24-17)15(21)18-13(16(22)23-3)9-12-7-5-4-6-8-12/h4-8,11,13-14H,9-10H2,1-3H3,(H,18,21). The van der Waals surface area contributed by atoms with E-state index < -0.39 is 22.9 Å². The molecule has 0 aromatic heterocycles. The highest BCUT2D eigenvalue weighted by molar-refractivity contribution is 8.00. The molecule has 2 atom stereocenters. The number of benzene rings is 1. The summed E-state index contributed by atoms with van der Waals surface area (Å²) in [6.45, 7) is 3.78. The fraction of sp³-hybridized carbons (Fsp3) is 0.471. The number of carbonyl (C=O) groups excluding carboxylic acids is 3. The lowest BCUT2D eigenvalue weighted by Gasteiger charge is -2.30. The highest BCUT2D eigenvalue weighted by Gasteiger charge is 2.43. The summed E-state index contributed by atoms with van der Waals surface area (Å²) >= 11 is 1.53. The minimum absolute atomic E-state index is 0.337. The average Bonchev–Trinajstić information content (AvgIpc) is 2.88. The quantitative estimate of drug-likeness (QED) is 0.616. The molecule has 1 aliphatic rings. The van der Waals surface area contributed by atoms with Gasteiger partial charge in [0.2, 0.25) is 12.3 Å². The predicted octanol–water partition coefficient (Wildman–Crippen LogP) is 1.20. The minimum Gasteiger partial charge on any atom is -0.467 e. The molecule has 1 aliphatic heterocycles. The number of rotatable bonds is 6. The molecule has 0 bridgehead atoms. The van der Waals surface area contributed by atoms with Crippen LogP contribution in [0.1, 0.15) is 19.4 Å². The molecule has 1 aromatic rings. The van der Waals surface area contributed by atoms with Crippen LogP contribution in [0.25, 0.3) is 0 Å². The number of methoxy groups -OCH3 is 1. The monoisotopic (exact) mass is 350 g/mol. The molecule has 1 fully saturated rings. The maximum absolute atomic E-state index is 12.6. The Morgan fingerprint density at radius 2 is 2.08 bits per heavy atom. The molecular weight excluding hydrogens is 328 g/mol. The van der Waals surface area contributed by atoms with Crippen LogP contribution in [0.3, 0.4) is 0 Å². The van der Waals surface area contributed by atoms with Gasteiger partial charge in [-0.15, -0.1) is 11.8 Å². The fourth-order valence-electron chi connectivity index (χ4n) is 2.67. The molecule has 2 amide bonds. The summed E-state index contributed by atoms with van der Waals surface area (Å²) < 4.78 is 4.80. The maximum Gasteiger partial charge on any atom is 0.328 e. The summed E-state index contributed by atoms with van der Waals surface area (Å²) in [4.78, 5) is 37.0. The van der Waals surface area contributed by atoms with Crippen LogP contribution in [-0.4, -0.2) is 53.0 Å². The van der Waals surface area contributed by atoms with E-state index in [1.165, 1.54) is 23.8 Å². The Morgan fingerprint density at radius 1 is 1.42 bits per heavy atom. The summed E-state index contributed by atoms with van der Waals surface area (Å²) in [6, 6.07) is 8.01. The van der Waals surface area contributed by atoms with E-state index in [0.717, 1.165) is 5.56 Å². The van der Waals surface area contributed by atoms with Crippen molar-refractivity contribution in [2.45, 2.75) is 37.2 Å². The first kappa shape index (κ1) is 18.3. The molecule has 2 unspecified atom stereocenters. The molecule has 1 N–H and O–H groups in total. The molecule has 24 heavy (non-hydrogen) atoms. The second-order valence-electron chi connectivity index (χ2n) is 6.06. The van der Waals surface area contributed by atoms with Crippen LogP contribution in [0.2, 0.25) is 0 Å².